The molecule has 1 aliphatic heterocycles. The fraction of sp³-hybridized carbons (Fsp3) is 0.375. The van der Waals surface area contributed by atoms with Gasteiger partial charge in [0.2, 0.25) is 0 Å². The van der Waals surface area contributed by atoms with E-state index < -0.39 is 0 Å². The molecule has 3 rings (SSSR count). The maximum atomic E-state index is 6.09. The average Bonchev–Trinajstić information content (AvgIpc) is 2.47. The molecule has 1 aromatic carbocycles. The zero-order chi connectivity index (χ0) is 15.7. The molecule has 1 aromatic heterocycles. The molecule has 1 fully saturated rings. The van der Waals surface area contributed by atoms with Crippen molar-refractivity contribution in [3.05, 3.63) is 30.1 Å². The molecule has 0 spiro atoms. The summed E-state index contributed by atoms with van der Waals surface area (Å²) >= 11 is 0. The van der Waals surface area contributed by atoms with Gasteiger partial charge in [-0.1, -0.05) is 6.07 Å². The van der Waals surface area contributed by atoms with Gasteiger partial charge >= 0.3 is 0 Å². The second-order valence-corrected chi connectivity index (χ2v) is 5.76. The van der Waals surface area contributed by atoms with Crippen LogP contribution in [0.3, 0.4) is 0 Å². The van der Waals surface area contributed by atoms with Gasteiger partial charge in [0.1, 0.15) is 11.6 Å². The molecule has 2 heterocycles. The molecule has 2 aromatic rings. The van der Waals surface area contributed by atoms with E-state index >= 15 is 0 Å². The van der Waals surface area contributed by atoms with Crippen molar-refractivity contribution in [3.63, 3.8) is 0 Å². The number of anilines is 3. The minimum absolute atomic E-state index is 0.641. The van der Waals surface area contributed by atoms with Crippen molar-refractivity contribution >= 4 is 17.2 Å². The lowest BCUT2D eigenvalue weighted by molar-refractivity contribution is 0.312. The van der Waals surface area contributed by atoms with Crippen LogP contribution in [-0.4, -0.2) is 48.1 Å². The number of hydrogen-bond donors (Lipinski definition) is 2. The Morgan fingerprint density at radius 2 is 1.64 bits per heavy atom. The summed E-state index contributed by atoms with van der Waals surface area (Å²) in [5, 5.41) is 0. The number of rotatable bonds is 2. The zero-order valence-corrected chi connectivity index (χ0v) is 13.1. The smallest absolute Gasteiger partial charge is 0.132 e. The van der Waals surface area contributed by atoms with E-state index in [2.05, 4.69) is 26.8 Å². The fourth-order valence-corrected chi connectivity index (χ4v) is 2.76. The SMILES string of the molecule is Cc1nc(-c2c(N)cccc2N)cc(N2CCN(C)CC2)n1. The summed E-state index contributed by atoms with van der Waals surface area (Å²) in [5.74, 6) is 1.67. The van der Waals surface area contributed by atoms with Gasteiger partial charge in [-0.25, -0.2) is 9.97 Å². The number of aryl methyl sites for hydroxylation is 1. The van der Waals surface area contributed by atoms with Gasteiger partial charge < -0.3 is 21.3 Å². The molecule has 1 aliphatic rings. The topological polar surface area (TPSA) is 84.3 Å². The number of likely N-dealkylation sites (N-methyl/N-ethyl adjacent to an activating group) is 1. The first-order valence-electron chi connectivity index (χ1n) is 7.48. The normalized spacial score (nSPS) is 16.0. The average molecular weight is 298 g/mol. The maximum absolute atomic E-state index is 6.09. The summed E-state index contributed by atoms with van der Waals surface area (Å²) in [6.45, 7) is 5.90. The Bertz CT molecular complexity index is 656. The van der Waals surface area contributed by atoms with Crippen molar-refractivity contribution in [2.75, 3.05) is 49.6 Å². The van der Waals surface area contributed by atoms with Crippen LogP contribution < -0.4 is 16.4 Å². The van der Waals surface area contributed by atoms with Crippen molar-refractivity contribution in [2.24, 2.45) is 0 Å². The minimum atomic E-state index is 0.641. The summed E-state index contributed by atoms with van der Waals surface area (Å²) in [7, 11) is 2.14. The number of hydrogen-bond acceptors (Lipinski definition) is 6. The van der Waals surface area contributed by atoms with E-state index in [1.54, 1.807) is 0 Å². The molecule has 6 heteroatoms. The number of nitrogens with two attached hydrogens (primary N) is 2. The van der Waals surface area contributed by atoms with E-state index in [-0.39, 0.29) is 0 Å². The maximum Gasteiger partial charge on any atom is 0.132 e. The highest BCUT2D eigenvalue weighted by atomic mass is 15.3. The van der Waals surface area contributed by atoms with Crippen LogP contribution in [0, 0.1) is 6.92 Å². The van der Waals surface area contributed by atoms with Crippen molar-refractivity contribution in [2.45, 2.75) is 6.92 Å². The molecule has 6 nitrogen and oxygen atoms in total. The summed E-state index contributed by atoms with van der Waals surface area (Å²) in [6.07, 6.45) is 0. The van der Waals surface area contributed by atoms with Gasteiger partial charge in [0, 0.05) is 49.2 Å². The molecule has 0 aliphatic carbocycles. The molecule has 0 bridgehead atoms. The molecule has 0 amide bonds. The first-order chi connectivity index (χ1) is 10.5. The van der Waals surface area contributed by atoms with Crippen LogP contribution in [0.15, 0.2) is 24.3 Å². The van der Waals surface area contributed by atoms with Gasteiger partial charge in [-0.2, -0.15) is 0 Å². The van der Waals surface area contributed by atoms with Gasteiger partial charge in [0.05, 0.1) is 5.69 Å². The third kappa shape index (κ3) is 2.82. The third-order valence-electron chi connectivity index (χ3n) is 4.04. The lowest BCUT2D eigenvalue weighted by atomic mass is 10.1. The lowest BCUT2D eigenvalue weighted by Crippen LogP contribution is -2.44. The highest BCUT2D eigenvalue weighted by Crippen LogP contribution is 2.32. The van der Waals surface area contributed by atoms with Crippen LogP contribution >= 0.6 is 0 Å². The number of benzene rings is 1. The zero-order valence-electron chi connectivity index (χ0n) is 13.1. The van der Waals surface area contributed by atoms with Crippen molar-refractivity contribution in [1.29, 1.82) is 0 Å². The number of nitrogen functional groups attached to an aromatic ring is 2. The highest BCUT2D eigenvalue weighted by Gasteiger charge is 2.18. The van der Waals surface area contributed by atoms with E-state index in [0.717, 1.165) is 49.1 Å². The molecule has 22 heavy (non-hydrogen) atoms. The summed E-state index contributed by atoms with van der Waals surface area (Å²) in [5.41, 5.74) is 15.0. The molecule has 1 saturated heterocycles. The monoisotopic (exact) mass is 298 g/mol. The Balaban J connectivity index is 2.00. The number of piperazine rings is 1. The molecular weight excluding hydrogens is 276 g/mol. The van der Waals surface area contributed by atoms with Gasteiger partial charge in [-0.15, -0.1) is 0 Å². The van der Waals surface area contributed by atoms with Crippen LogP contribution in [0.25, 0.3) is 11.3 Å². The Morgan fingerprint density at radius 1 is 1.00 bits per heavy atom. The molecule has 4 N–H and O–H groups in total. The van der Waals surface area contributed by atoms with E-state index in [0.29, 0.717) is 11.4 Å². The number of aromatic nitrogens is 2. The largest absolute Gasteiger partial charge is 0.398 e. The first-order valence-corrected chi connectivity index (χ1v) is 7.48. The Hall–Kier alpha value is -2.34. The van der Waals surface area contributed by atoms with Crippen LogP contribution in [0.4, 0.5) is 17.2 Å². The predicted molar refractivity (Wildman–Crippen MR) is 90.7 cm³/mol. The van der Waals surface area contributed by atoms with Crippen molar-refractivity contribution in [1.82, 2.24) is 14.9 Å². The van der Waals surface area contributed by atoms with Crippen LogP contribution in [0.5, 0.6) is 0 Å². The molecule has 0 unspecified atom stereocenters. The standard InChI is InChI=1S/C16H22N6/c1-11-19-14(16-12(17)4-3-5-13(16)18)10-15(20-11)22-8-6-21(2)7-9-22/h3-5,10H,6-9,17-18H2,1-2H3. The molecule has 0 radical (unpaired) electrons. The number of nitrogens with zero attached hydrogens (tertiary/aromatic N) is 4. The van der Waals surface area contributed by atoms with E-state index in [9.17, 15) is 0 Å². The van der Waals surface area contributed by atoms with Crippen LogP contribution in [-0.2, 0) is 0 Å². The molecule has 0 saturated carbocycles. The molecular formula is C16H22N6. The summed E-state index contributed by atoms with van der Waals surface area (Å²) in [4.78, 5) is 13.7. The third-order valence-corrected chi connectivity index (χ3v) is 4.04. The second-order valence-electron chi connectivity index (χ2n) is 5.76. The quantitative estimate of drug-likeness (QED) is 0.815. The molecule has 0 atom stereocenters. The van der Waals surface area contributed by atoms with Crippen molar-refractivity contribution < 1.29 is 0 Å². The van der Waals surface area contributed by atoms with Crippen LogP contribution in [0.1, 0.15) is 5.82 Å². The highest BCUT2D eigenvalue weighted by molar-refractivity contribution is 5.85. The van der Waals surface area contributed by atoms with Gasteiger partial charge in [-0.05, 0) is 26.1 Å². The van der Waals surface area contributed by atoms with Gasteiger partial charge in [0.15, 0.2) is 0 Å². The van der Waals surface area contributed by atoms with Crippen molar-refractivity contribution in [3.8, 4) is 11.3 Å². The second kappa shape index (κ2) is 5.81. The van der Waals surface area contributed by atoms with Gasteiger partial charge in [-0.3, -0.25) is 0 Å². The Morgan fingerprint density at radius 3 is 2.27 bits per heavy atom. The van der Waals surface area contributed by atoms with E-state index in [1.165, 1.54) is 0 Å². The Labute approximate surface area is 130 Å². The van der Waals surface area contributed by atoms with Crippen LogP contribution in [0.2, 0.25) is 0 Å². The molecule has 116 valence electrons. The van der Waals surface area contributed by atoms with E-state index in [4.69, 9.17) is 11.5 Å². The van der Waals surface area contributed by atoms with E-state index in [1.807, 2.05) is 31.2 Å². The summed E-state index contributed by atoms with van der Waals surface area (Å²) in [6, 6.07) is 7.53. The predicted octanol–water partition coefficient (Wildman–Crippen LogP) is 1.37. The Kier molecular flexibility index (Phi) is 3.85. The minimum Gasteiger partial charge on any atom is -0.398 e. The lowest BCUT2D eigenvalue weighted by Gasteiger charge is -2.33. The first kappa shape index (κ1) is 14.6. The fourth-order valence-electron chi connectivity index (χ4n) is 2.76. The summed E-state index contributed by atoms with van der Waals surface area (Å²) < 4.78 is 0. The van der Waals surface area contributed by atoms with Gasteiger partial charge in [0.25, 0.3) is 0 Å².